The molecular formula is C19H22N2O3S. The second-order valence-electron chi connectivity index (χ2n) is 5.69. The molecule has 0 saturated heterocycles. The Morgan fingerprint density at radius 2 is 2.08 bits per heavy atom. The summed E-state index contributed by atoms with van der Waals surface area (Å²) in [6, 6.07) is 9.82. The summed E-state index contributed by atoms with van der Waals surface area (Å²) in [7, 11) is 3.55. The molecule has 0 aliphatic rings. The molecule has 1 amide bonds. The van der Waals surface area contributed by atoms with Gasteiger partial charge in [-0.25, -0.2) is 0 Å². The van der Waals surface area contributed by atoms with Crippen LogP contribution in [0.25, 0.3) is 10.2 Å². The Hall–Kier alpha value is -2.47. The van der Waals surface area contributed by atoms with E-state index in [4.69, 9.17) is 9.47 Å². The fraction of sp³-hybridized carbons (Fsp3) is 0.316. The summed E-state index contributed by atoms with van der Waals surface area (Å²) in [5.41, 5.74) is 1.78. The molecule has 0 aliphatic carbocycles. The Balaban J connectivity index is 1.61. The van der Waals surface area contributed by atoms with Gasteiger partial charge in [-0.15, -0.1) is 11.3 Å². The number of fused-ring (bicyclic) bond motifs is 1. The first kappa shape index (κ1) is 17.4. The normalized spacial score (nSPS) is 10.8. The number of carbonyl (C=O) groups is 1. The molecule has 0 aliphatic heterocycles. The third kappa shape index (κ3) is 3.64. The minimum Gasteiger partial charge on any atom is -0.493 e. The molecule has 0 radical (unpaired) electrons. The fourth-order valence-corrected chi connectivity index (χ4v) is 3.68. The van der Waals surface area contributed by atoms with Gasteiger partial charge < -0.3 is 19.4 Å². The highest BCUT2D eigenvalue weighted by Crippen LogP contribution is 2.28. The lowest BCUT2D eigenvalue weighted by Gasteiger charge is -2.11. The molecule has 1 aromatic carbocycles. The van der Waals surface area contributed by atoms with E-state index >= 15 is 0 Å². The largest absolute Gasteiger partial charge is 0.493 e. The number of thiophene rings is 1. The fourth-order valence-electron chi connectivity index (χ4n) is 2.82. The number of benzene rings is 1. The molecule has 25 heavy (non-hydrogen) atoms. The highest BCUT2D eigenvalue weighted by molar-refractivity contribution is 7.16. The van der Waals surface area contributed by atoms with Crippen molar-refractivity contribution in [1.29, 1.82) is 0 Å². The van der Waals surface area contributed by atoms with Crippen molar-refractivity contribution >= 4 is 27.5 Å². The molecule has 2 heterocycles. The Morgan fingerprint density at radius 3 is 2.80 bits per heavy atom. The van der Waals surface area contributed by atoms with Crippen LogP contribution in [0.1, 0.15) is 23.0 Å². The summed E-state index contributed by atoms with van der Waals surface area (Å²) >= 11 is 1.64. The number of rotatable bonds is 7. The molecule has 0 spiro atoms. The van der Waals surface area contributed by atoms with E-state index in [9.17, 15) is 4.79 Å². The second-order valence-corrected chi connectivity index (χ2v) is 6.59. The van der Waals surface area contributed by atoms with E-state index in [-0.39, 0.29) is 5.91 Å². The number of nitrogens with zero attached hydrogens (tertiary/aromatic N) is 1. The van der Waals surface area contributed by atoms with Crippen molar-refractivity contribution in [2.24, 2.45) is 7.05 Å². The van der Waals surface area contributed by atoms with E-state index in [0.29, 0.717) is 24.6 Å². The lowest BCUT2D eigenvalue weighted by Crippen LogP contribution is -2.27. The van der Waals surface area contributed by atoms with Crippen molar-refractivity contribution in [2.45, 2.75) is 13.3 Å². The number of methoxy groups -OCH3 is 1. The van der Waals surface area contributed by atoms with E-state index in [1.165, 1.54) is 0 Å². The maximum absolute atomic E-state index is 12.4. The van der Waals surface area contributed by atoms with Gasteiger partial charge in [0.25, 0.3) is 5.91 Å². The maximum Gasteiger partial charge on any atom is 0.267 e. The predicted molar refractivity (Wildman–Crippen MR) is 101 cm³/mol. The van der Waals surface area contributed by atoms with Crippen LogP contribution in [0, 0.1) is 0 Å². The standard InChI is InChI=1S/C19H22N2O3S/c1-4-24-16-6-5-13(11-17(16)23-3)7-9-20-18(22)15-12-14-8-10-25-19(14)21(15)2/h5-6,8,10-12H,4,7,9H2,1-3H3,(H,20,22). The van der Waals surface area contributed by atoms with Gasteiger partial charge in [0.05, 0.1) is 13.7 Å². The van der Waals surface area contributed by atoms with E-state index < -0.39 is 0 Å². The van der Waals surface area contributed by atoms with Gasteiger partial charge >= 0.3 is 0 Å². The van der Waals surface area contributed by atoms with Crippen LogP contribution < -0.4 is 14.8 Å². The van der Waals surface area contributed by atoms with Crippen LogP contribution in [0.5, 0.6) is 11.5 Å². The van der Waals surface area contributed by atoms with Crippen LogP contribution in [0.2, 0.25) is 0 Å². The molecule has 0 saturated carbocycles. The van der Waals surface area contributed by atoms with Gasteiger partial charge in [0.15, 0.2) is 11.5 Å². The Kier molecular flexibility index (Phi) is 5.28. The van der Waals surface area contributed by atoms with Crippen LogP contribution in [-0.4, -0.2) is 30.7 Å². The summed E-state index contributed by atoms with van der Waals surface area (Å²) in [4.78, 5) is 13.5. The second kappa shape index (κ2) is 7.61. The Bertz CT molecular complexity index is 882. The average molecular weight is 358 g/mol. The van der Waals surface area contributed by atoms with Crippen LogP contribution in [0.3, 0.4) is 0 Å². The summed E-state index contributed by atoms with van der Waals surface area (Å²) in [6.45, 7) is 3.10. The van der Waals surface area contributed by atoms with Crippen molar-refractivity contribution in [1.82, 2.24) is 9.88 Å². The molecule has 0 bridgehead atoms. The zero-order valence-electron chi connectivity index (χ0n) is 14.7. The van der Waals surface area contributed by atoms with Crippen LogP contribution in [0.4, 0.5) is 0 Å². The number of nitrogens with one attached hydrogen (secondary N) is 1. The highest BCUT2D eigenvalue weighted by atomic mass is 32.1. The zero-order chi connectivity index (χ0) is 17.8. The summed E-state index contributed by atoms with van der Waals surface area (Å²) in [6.07, 6.45) is 0.729. The maximum atomic E-state index is 12.4. The molecule has 0 atom stereocenters. The summed E-state index contributed by atoms with van der Waals surface area (Å²) in [5.74, 6) is 1.40. The summed E-state index contributed by atoms with van der Waals surface area (Å²) in [5, 5.41) is 6.13. The molecule has 0 unspecified atom stereocenters. The third-order valence-electron chi connectivity index (χ3n) is 4.09. The van der Waals surface area contributed by atoms with Crippen molar-refractivity contribution in [3.63, 3.8) is 0 Å². The zero-order valence-corrected chi connectivity index (χ0v) is 15.5. The van der Waals surface area contributed by atoms with E-state index in [2.05, 4.69) is 5.32 Å². The van der Waals surface area contributed by atoms with E-state index in [1.54, 1.807) is 18.4 Å². The van der Waals surface area contributed by atoms with Crippen LogP contribution in [-0.2, 0) is 13.5 Å². The highest BCUT2D eigenvalue weighted by Gasteiger charge is 2.13. The smallest absolute Gasteiger partial charge is 0.267 e. The van der Waals surface area contributed by atoms with Gasteiger partial charge in [-0.05, 0) is 48.6 Å². The monoisotopic (exact) mass is 358 g/mol. The predicted octanol–water partition coefficient (Wildman–Crippen LogP) is 3.62. The molecule has 132 valence electrons. The van der Waals surface area contributed by atoms with Gasteiger partial charge in [-0.3, -0.25) is 4.79 Å². The van der Waals surface area contributed by atoms with Gasteiger partial charge in [0.2, 0.25) is 0 Å². The van der Waals surface area contributed by atoms with Gasteiger partial charge in [0, 0.05) is 19.0 Å². The number of aryl methyl sites for hydroxylation is 1. The van der Waals surface area contributed by atoms with E-state index in [0.717, 1.165) is 28.0 Å². The number of hydrogen-bond donors (Lipinski definition) is 1. The quantitative estimate of drug-likeness (QED) is 0.702. The minimum atomic E-state index is -0.0520. The first-order valence-electron chi connectivity index (χ1n) is 8.25. The number of hydrogen-bond acceptors (Lipinski definition) is 4. The molecule has 3 rings (SSSR count). The van der Waals surface area contributed by atoms with E-state index in [1.807, 2.05) is 54.3 Å². The number of ether oxygens (including phenoxy) is 2. The third-order valence-corrected chi connectivity index (χ3v) is 5.10. The number of aromatic nitrogens is 1. The van der Waals surface area contributed by atoms with Crippen molar-refractivity contribution in [2.75, 3.05) is 20.3 Å². The number of carbonyl (C=O) groups excluding carboxylic acids is 1. The molecule has 0 fully saturated rings. The summed E-state index contributed by atoms with van der Waals surface area (Å²) < 4.78 is 12.8. The average Bonchev–Trinajstić information content (AvgIpc) is 3.19. The molecule has 1 N–H and O–H groups in total. The van der Waals surface area contributed by atoms with Crippen molar-refractivity contribution in [3.05, 3.63) is 47.0 Å². The molecule has 6 heteroatoms. The van der Waals surface area contributed by atoms with Crippen molar-refractivity contribution < 1.29 is 14.3 Å². The topological polar surface area (TPSA) is 52.5 Å². The molecular weight excluding hydrogens is 336 g/mol. The van der Waals surface area contributed by atoms with Crippen LogP contribution in [0.15, 0.2) is 35.7 Å². The molecule has 2 aromatic heterocycles. The molecule has 3 aromatic rings. The van der Waals surface area contributed by atoms with Crippen molar-refractivity contribution in [3.8, 4) is 11.5 Å². The first-order chi connectivity index (χ1) is 12.1. The lowest BCUT2D eigenvalue weighted by atomic mass is 10.1. The van der Waals surface area contributed by atoms with Gasteiger partial charge in [0.1, 0.15) is 10.5 Å². The molecule has 5 nitrogen and oxygen atoms in total. The SMILES string of the molecule is CCOc1ccc(CCNC(=O)c2cc3ccsc3n2C)cc1OC. The number of amides is 1. The lowest BCUT2D eigenvalue weighted by molar-refractivity contribution is 0.0946. The minimum absolute atomic E-state index is 0.0520. The first-order valence-corrected chi connectivity index (χ1v) is 9.12. The Labute approximate surface area is 151 Å². The van der Waals surface area contributed by atoms with Crippen LogP contribution >= 0.6 is 11.3 Å². The van der Waals surface area contributed by atoms with Gasteiger partial charge in [-0.2, -0.15) is 0 Å². The van der Waals surface area contributed by atoms with Gasteiger partial charge in [-0.1, -0.05) is 6.07 Å². The Morgan fingerprint density at radius 1 is 1.24 bits per heavy atom.